The molecule has 0 amide bonds. The smallest absolute Gasteiger partial charge is 0.328 e. The van der Waals surface area contributed by atoms with Crippen LogP contribution in [0.25, 0.3) is 11.0 Å². The van der Waals surface area contributed by atoms with Crippen molar-refractivity contribution in [2.24, 2.45) is 4.99 Å². The summed E-state index contributed by atoms with van der Waals surface area (Å²) in [5.74, 6) is 1.55. The number of carboxylic acids is 2. The molecule has 9 nitrogen and oxygen atoms in total. The third-order valence-corrected chi connectivity index (χ3v) is 5.72. The average Bonchev–Trinajstić information content (AvgIpc) is 3.46. The molecular weight excluding hydrogens is 464 g/mol. The van der Waals surface area contributed by atoms with Gasteiger partial charge in [-0.25, -0.2) is 9.59 Å². The topological polar surface area (TPSA) is 122 Å². The first-order valence-corrected chi connectivity index (χ1v) is 11.4. The Morgan fingerprint density at radius 1 is 1.06 bits per heavy atom. The summed E-state index contributed by atoms with van der Waals surface area (Å²) < 4.78 is 16.7. The van der Waals surface area contributed by atoms with Gasteiger partial charge in [0, 0.05) is 50.0 Å². The van der Waals surface area contributed by atoms with Crippen LogP contribution in [0.3, 0.4) is 0 Å². The fraction of sp³-hybridized carbons (Fsp3) is 0.296. The van der Waals surface area contributed by atoms with Crippen LogP contribution in [-0.2, 0) is 16.0 Å². The van der Waals surface area contributed by atoms with Crippen LogP contribution in [0.1, 0.15) is 23.7 Å². The van der Waals surface area contributed by atoms with Gasteiger partial charge in [-0.2, -0.15) is 0 Å². The number of benzene rings is 2. The summed E-state index contributed by atoms with van der Waals surface area (Å²) in [6, 6.07) is 16.4. The number of methoxy groups -OCH3 is 2. The Labute approximate surface area is 209 Å². The van der Waals surface area contributed by atoms with E-state index in [0.29, 0.717) is 18.1 Å². The van der Waals surface area contributed by atoms with E-state index in [4.69, 9.17) is 29.1 Å². The van der Waals surface area contributed by atoms with Crippen LogP contribution in [0, 0.1) is 0 Å². The molecule has 0 radical (unpaired) electrons. The summed E-state index contributed by atoms with van der Waals surface area (Å²) in [5.41, 5.74) is 2.15. The van der Waals surface area contributed by atoms with E-state index in [1.165, 1.54) is 10.9 Å². The molecule has 36 heavy (non-hydrogen) atoms. The quantitative estimate of drug-likeness (QED) is 0.447. The normalized spacial score (nSPS) is 16.2. The number of fused-ring (bicyclic) bond motifs is 1. The minimum absolute atomic E-state index is 0.359. The van der Waals surface area contributed by atoms with Crippen molar-refractivity contribution in [1.82, 2.24) is 4.90 Å². The number of carboxylic acid groups (broad SMARTS) is 2. The molecule has 2 aromatic carbocycles. The molecule has 2 heterocycles. The van der Waals surface area contributed by atoms with Crippen LogP contribution in [0.15, 0.2) is 70.1 Å². The van der Waals surface area contributed by atoms with Crippen LogP contribution in [0.5, 0.6) is 11.5 Å². The van der Waals surface area contributed by atoms with Crippen molar-refractivity contribution in [1.29, 1.82) is 0 Å². The van der Waals surface area contributed by atoms with Crippen molar-refractivity contribution in [3.05, 3.63) is 72.0 Å². The third kappa shape index (κ3) is 7.11. The lowest BCUT2D eigenvalue weighted by Gasteiger charge is -2.12. The minimum Gasteiger partial charge on any atom is -0.493 e. The molecule has 1 fully saturated rings. The first kappa shape index (κ1) is 26.3. The number of likely N-dealkylation sites (tertiary alicyclic amines) is 1. The zero-order chi connectivity index (χ0) is 26.1. The second-order valence-electron chi connectivity index (χ2n) is 8.22. The standard InChI is InChI=1S/C23H26N2O3.C4H4O4/c1-25-15-18(21-13-17-6-4-5-7-19(17)28-21)14-23(25)24-11-10-16-8-9-20(26-2)22(12-16)27-3;5-3(6)1-2-4(7)8/h4-9,12-13,18H,10-11,14-15H2,1-3H3;1-2H,(H,5,6)(H,7,8)/b;2-1+. The summed E-state index contributed by atoms with van der Waals surface area (Å²) in [7, 11) is 5.42. The van der Waals surface area contributed by atoms with Crippen LogP contribution >= 0.6 is 0 Å². The Morgan fingerprint density at radius 2 is 1.75 bits per heavy atom. The Morgan fingerprint density at radius 3 is 2.39 bits per heavy atom. The molecule has 0 aliphatic carbocycles. The van der Waals surface area contributed by atoms with Crippen LogP contribution in [0.4, 0.5) is 0 Å². The summed E-state index contributed by atoms with van der Waals surface area (Å²) in [4.78, 5) is 26.2. The van der Waals surface area contributed by atoms with Gasteiger partial charge in [-0.05, 0) is 36.2 Å². The predicted octanol–water partition coefficient (Wildman–Crippen LogP) is 4.22. The maximum Gasteiger partial charge on any atom is 0.328 e. The van der Waals surface area contributed by atoms with E-state index in [0.717, 1.165) is 54.6 Å². The van der Waals surface area contributed by atoms with Gasteiger partial charge in [-0.3, -0.25) is 4.99 Å². The number of para-hydroxylation sites is 1. The summed E-state index contributed by atoms with van der Waals surface area (Å²) >= 11 is 0. The molecule has 1 aromatic heterocycles. The van der Waals surface area contributed by atoms with Crippen LogP contribution in [-0.4, -0.2) is 67.2 Å². The molecule has 1 atom stereocenters. The maximum atomic E-state index is 9.55. The number of nitrogens with zero attached hydrogens (tertiary/aromatic N) is 2. The minimum atomic E-state index is -1.26. The molecule has 1 unspecified atom stereocenters. The monoisotopic (exact) mass is 494 g/mol. The number of ether oxygens (including phenoxy) is 2. The average molecular weight is 495 g/mol. The number of aliphatic imine (C=N–C) groups is 1. The molecule has 0 spiro atoms. The van der Waals surface area contributed by atoms with Crippen LogP contribution in [0.2, 0.25) is 0 Å². The highest BCUT2D eigenvalue weighted by Gasteiger charge is 2.28. The molecule has 9 heteroatoms. The van der Waals surface area contributed by atoms with Gasteiger partial charge in [0.1, 0.15) is 11.3 Å². The molecule has 190 valence electrons. The van der Waals surface area contributed by atoms with Crippen molar-refractivity contribution in [2.75, 3.05) is 34.4 Å². The molecular formula is C27H30N2O7. The molecule has 1 saturated heterocycles. The third-order valence-electron chi connectivity index (χ3n) is 5.72. The number of hydrogen-bond donors (Lipinski definition) is 2. The fourth-order valence-electron chi connectivity index (χ4n) is 3.95. The first-order valence-electron chi connectivity index (χ1n) is 11.4. The van der Waals surface area contributed by atoms with E-state index in [-0.39, 0.29) is 0 Å². The Hall–Kier alpha value is -4.27. The number of carbonyl (C=O) groups is 2. The molecule has 1 aliphatic heterocycles. The zero-order valence-corrected chi connectivity index (χ0v) is 20.5. The summed E-state index contributed by atoms with van der Waals surface area (Å²) in [6.07, 6.45) is 2.90. The molecule has 1 aliphatic rings. The highest BCUT2D eigenvalue weighted by atomic mass is 16.5. The molecule has 0 saturated carbocycles. The van der Waals surface area contributed by atoms with Gasteiger partial charge in [-0.1, -0.05) is 24.3 Å². The zero-order valence-electron chi connectivity index (χ0n) is 20.5. The van der Waals surface area contributed by atoms with Gasteiger partial charge < -0.3 is 29.0 Å². The summed E-state index contributed by atoms with van der Waals surface area (Å²) in [5, 5.41) is 16.8. The highest BCUT2D eigenvalue weighted by molar-refractivity contribution is 5.89. The van der Waals surface area contributed by atoms with E-state index in [9.17, 15) is 9.59 Å². The van der Waals surface area contributed by atoms with Crippen molar-refractivity contribution in [3.63, 3.8) is 0 Å². The second-order valence-corrected chi connectivity index (χ2v) is 8.22. The van der Waals surface area contributed by atoms with E-state index in [1.807, 2.05) is 30.3 Å². The predicted molar refractivity (Wildman–Crippen MR) is 136 cm³/mol. The Balaban J connectivity index is 0.000000392. The fourth-order valence-corrected chi connectivity index (χ4v) is 3.95. The maximum absolute atomic E-state index is 9.55. The SMILES string of the molecule is COc1ccc(CCN=C2CC(c3cc4ccccc4o3)CN2C)cc1OC.O=C(O)/C=C/C(=O)O. The van der Waals surface area contributed by atoms with Crippen LogP contribution < -0.4 is 9.47 Å². The number of rotatable bonds is 8. The summed E-state index contributed by atoms with van der Waals surface area (Å²) in [6.45, 7) is 1.69. The first-order chi connectivity index (χ1) is 17.3. The van der Waals surface area contributed by atoms with E-state index >= 15 is 0 Å². The molecule has 3 aromatic rings. The van der Waals surface area contributed by atoms with E-state index < -0.39 is 11.9 Å². The highest BCUT2D eigenvalue weighted by Crippen LogP contribution is 2.32. The number of amidine groups is 1. The lowest BCUT2D eigenvalue weighted by Crippen LogP contribution is -2.20. The van der Waals surface area contributed by atoms with Crippen molar-refractivity contribution < 1.29 is 33.7 Å². The van der Waals surface area contributed by atoms with Crippen molar-refractivity contribution in [2.45, 2.75) is 18.8 Å². The number of furan rings is 1. The van der Waals surface area contributed by atoms with E-state index in [1.54, 1.807) is 14.2 Å². The van der Waals surface area contributed by atoms with Gasteiger partial charge in [0.2, 0.25) is 0 Å². The van der Waals surface area contributed by atoms with E-state index in [2.05, 4.69) is 30.1 Å². The van der Waals surface area contributed by atoms with Gasteiger partial charge in [-0.15, -0.1) is 0 Å². The molecule has 4 rings (SSSR count). The number of likely N-dealkylation sites (N-methyl/N-ethyl adjacent to an activating group) is 1. The molecule has 2 N–H and O–H groups in total. The van der Waals surface area contributed by atoms with Crippen molar-refractivity contribution >= 4 is 28.7 Å². The van der Waals surface area contributed by atoms with Gasteiger partial charge >= 0.3 is 11.9 Å². The van der Waals surface area contributed by atoms with Gasteiger partial charge in [0.15, 0.2) is 11.5 Å². The van der Waals surface area contributed by atoms with Crippen molar-refractivity contribution in [3.8, 4) is 11.5 Å². The second kappa shape index (κ2) is 12.4. The Bertz CT molecular complexity index is 1210. The number of hydrogen-bond acceptors (Lipinski definition) is 6. The number of aliphatic carboxylic acids is 2. The van der Waals surface area contributed by atoms with Gasteiger partial charge in [0.25, 0.3) is 0 Å². The lowest BCUT2D eigenvalue weighted by atomic mass is 10.1. The largest absolute Gasteiger partial charge is 0.493 e. The Kier molecular flexibility index (Phi) is 9.10. The lowest BCUT2D eigenvalue weighted by molar-refractivity contribution is -0.134. The molecule has 0 bridgehead atoms. The van der Waals surface area contributed by atoms with Gasteiger partial charge in [0.05, 0.1) is 20.1 Å².